The van der Waals surface area contributed by atoms with Gasteiger partial charge in [-0.3, -0.25) is 0 Å². The Bertz CT molecular complexity index is 162. The third kappa shape index (κ3) is 2.45. The van der Waals surface area contributed by atoms with E-state index >= 15 is 0 Å². The second kappa shape index (κ2) is 5.07. The van der Waals surface area contributed by atoms with Crippen LogP contribution in [0.15, 0.2) is 0 Å². The molecule has 4 nitrogen and oxygen atoms in total. The average Bonchev–Trinajstić information content (AvgIpc) is 2.86. The van der Waals surface area contributed by atoms with Crippen molar-refractivity contribution in [1.29, 1.82) is 0 Å². The maximum Gasteiger partial charge on any atom is 0.160 e. The lowest BCUT2D eigenvalue weighted by molar-refractivity contribution is -0.122. The van der Waals surface area contributed by atoms with E-state index in [9.17, 15) is 0 Å². The van der Waals surface area contributed by atoms with Gasteiger partial charge in [-0.25, -0.2) is 0 Å². The molecule has 2 aliphatic rings. The summed E-state index contributed by atoms with van der Waals surface area (Å²) in [5.74, 6) is 0.389. The molecule has 2 rings (SSSR count). The minimum atomic E-state index is -0.0484. The summed E-state index contributed by atoms with van der Waals surface area (Å²) >= 11 is 0. The second-order valence-electron chi connectivity index (χ2n) is 3.69. The van der Waals surface area contributed by atoms with Gasteiger partial charge >= 0.3 is 0 Å². The van der Waals surface area contributed by atoms with Crippen LogP contribution >= 0.6 is 0 Å². The Labute approximate surface area is 84.5 Å². The lowest BCUT2D eigenvalue weighted by Gasteiger charge is -2.22. The molecule has 1 atom stereocenters. The zero-order valence-electron chi connectivity index (χ0n) is 8.61. The van der Waals surface area contributed by atoms with Gasteiger partial charge in [0.1, 0.15) is 0 Å². The molecule has 14 heavy (non-hydrogen) atoms. The van der Waals surface area contributed by atoms with Crippen LogP contribution in [0.25, 0.3) is 0 Å². The van der Waals surface area contributed by atoms with Gasteiger partial charge in [0.15, 0.2) is 12.6 Å². The van der Waals surface area contributed by atoms with Crippen LogP contribution in [0.5, 0.6) is 0 Å². The van der Waals surface area contributed by atoms with E-state index in [0.717, 1.165) is 12.8 Å². The van der Waals surface area contributed by atoms with Crippen LogP contribution in [-0.2, 0) is 18.9 Å². The Morgan fingerprint density at radius 2 is 1.57 bits per heavy atom. The van der Waals surface area contributed by atoms with E-state index in [1.165, 1.54) is 0 Å². The summed E-state index contributed by atoms with van der Waals surface area (Å²) in [5, 5.41) is 0. The van der Waals surface area contributed by atoms with Gasteiger partial charge in [-0.1, -0.05) is 6.92 Å². The Kier molecular flexibility index (Phi) is 3.75. The normalized spacial score (nSPS) is 27.2. The molecule has 0 amide bonds. The molecule has 0 aromatic carbocycles. The van der Waals surface area contributed by atoms with Gasteiger partial charge in [0.2, 0.25) is 0 Å². The Hall–Kier alpha value is -0.160. The van der Waals surface area contributed by atoms with E-state index in [1.807, 2.05) is 0 Å². The summed E-state index contributed by atoms with van der Waals surface area (Å²) in [6.45, 7) is 5.01. The van der Waals surface area contributed by atoms with Crippen molar-refractivity contribution in [3.63, 3.8) is 0 Å². The van der Waals surface area contributed by atoms with E-state index in [4.69, 9.17) is 18.9 Å². The van der Waals surface area contributed by atoms with Crippen molar-refractivity contribution in [3.8, 4) is 0 Å². The molecule has 82 valence electrons. The van der Waals surface area contributed by atoms with Crippen molar-refractivity contribution in [2.75, 3.05) is 26.4 Å². The molecule has 0 N–H and O–H groups in total. The summed E-state index contributed by atoms with van der Waals surface area (Å²) in [4.78, 5) is 0. The fourth-order valence-corrected chi connectivity index (χ4v) is 1.91. The van der Waals surface area contributed by atoms with E-state index in [0.29, 0.717) is 32.3 Å². The minimum absolute atomic E-state index is 0.0483. The van der Waals surface area contributed by atoms with Crippen molar-refractivity contribution in [2.24, 2.45) is 5.92 Å². The Morgan fingerprint density at radius 3 is 2.14 bits per heavy atom. The van der Waals surface area contributed by atoms with Crippen molar-refractivity contribution in [2.45, 2.75) is 32.3 Å². The summed E-state index contributed by atoms with van der Waals surface area (Å²) in [6, 6.07) is 0. The molecule has 1 unspecified atom stereocenters. The molecule has 0 bridgehead atoms. The maximum atomic E-state index is 5.48. The molecule has 2 aliphatic heterocycles. The maximum absolute atomic E-state index is 5.48. The zero-order chi connectivity index (χ0) is 9.80. The van der Waals surface area contributed by atoms with Gasteiger partial charge in [-0.2, -0.15) is 0 Å². The van der Waals surface area contributed by atoms with Crippen LogP contribution in [0.3, 0.4) is 0 Å². The van der Waals surface area contributed by atoms with Crippen LogP contribution in [-0.4, -0.2) is 39.0 Å². The quantitative estimate of drug-likeness (QED) is 0.685. The van der Waals surface area contributed by atoms with Gasteiger partial charge in [0.05, 0.1) is 26.4 Å². The summed E-state index contributed by atoms with van der Waals surface area (Å²) in [6.07, 6.45) is 1.82. The second-order valence-corrected chi connectivity index (χ2v) is 3.69. The smallest absolute Gasteiger partial charge is 0.160 e. The largest absolute Gasteiger partial charge is 0.350 e. The molecule has 0 aromatic rings. The standard InChI is InChI=1S/C10H18O4/c1-2-8(10-13-5-6-14-10)7-9-11-3-4-12-9/h8-10H,2-7H2,1H3. The highest BCUT2D eigenvalue weighted by molar-refractivity contribution is 4.68. The first-order valence-corrected chi connectivity index (χ1v) is 5.36. The van der Waals surface area contributed by atoms with Crippen molar-refractivity contribution >= 4 is 0 Å². The lowest BCUT2D eigenvalue weighted by atomic mass is 10.0. The Morgan fingerprint density at radius 1 is 1.00 bits per heavy atom. The number of rotatable bonds is 4. The van der Waals surface area contributed by atoms with Crippen molar-refractivity contribution in [3.05, 3.63) is 0 Å². The molecule has 0 aromatic heterocycles. The summed E-state index contributed by atoms with van der Waals surface area (Å²) in [5.41, 5.74) is 0. The molecular weight excluding hydrogens is 184 g/mol. The van der Waals surface area contributed by atoms with Crippen LogP contribution in [0.2, 0.25) is 0 Å². The predicted octanol–water partition coefficient (Wildman–Crippen LogP) is 1.15. The fraction of sp³-hybridized carbons (Fsp3) is 1.00. The van der Waals surface area contributed by atoms with Crippen LogP contribution in [0, 0.1) is 5.92 Å². The monoisotopic (exact) mass is 202 g/mol. The SMILES string of the molecule is CCC(CC1OCCO1)C1OCCO1. The first-order chi connectivity index (χ1) is 6.90. The van der Waals surface area contributed by atoms with Crippen LogP contribution < -0.4 is 0 Å². The third-order valence-electron chi connectivity index (χ3n) is 2.74. The Balaban J connectivity index is 1.79. The molecule has 2 saturated heterocycles. The zero-order valence-corrected chi connectivity index (χ0v) is 8.61. The molecule has 2 heterocycles. The van der Waals surface area contributed by atoms with Gasteiger partial charge in [0.25, 0.3) is 0 Å². The highest BCUT2D eigenvalue weighted by Gasteiger charge is 2.29. The molecular formula is C10H18O4. The lowest BCUT2D eigenvalue weighted by Crippen LogP contribution is -2.25. The highest BCUT2D eigenvalue weighted by atomic mass is 16.7. The highest BCUT2D eigenvalue weighted by Crippen LogP contribution is 2.25. The number of hydrogen-bond donors (Lipinski definition) is 0. The molecule has 2 fully saturated rings. The number of ether oxygens (including phenoxy) is 4. The van der Waals surface area contributed by atoms with E-state index < -0.39 is 0 Å². The fourth-order valence-electron chi connectivity index (χ4n) is 1.91. The first-order valence-electron chi connectivity index (χ1n) is 5.36. The molecule has 4 heteroatoms. The summed E-state index contributed by atoms with van der Waals surface area (Å²) in [7, 11) is 0. The molecule has 0 radical (unpaired) electrons. The average molecular weight is 202 g/mol. The van der Waals surface area contributed by atoms with Crippen molar-refractivity contribution in [1.82, 2.24) is 0 Å². The van der Waals surface area contributed by atoms with Gasteiger partial charge in [-0.05, 0) is 6.42 Å². The molecule has 0 spiro atoms. The minimum Gasteiger partial charge on any atom is -0.350 e. The van der Waals surface area contributed by atoms with E-state index in [-0.39, 0.29) is 12.6 Å². The van der Waals surface area contributed by atoms with Crippen LogP contribution in [0.4, 0.5) is 0 Å². The third-order valence-corrected chi connectivity index (χ3v) is 2.74. The predicted molar refractivity (Wildman–Crippen MR) is 49.8 cm³/mol. The van der Waals surface area contributed by atoms with Crippen LogP contribution in [0.1, 0.15) is 19.8 Å². The van der Waals surface area contributed by atoms with Gasteiger partial charge in [-0.15, -0.1) is 0 Å². The summed E-state index contributed by atoms with van der Waals surface area (Å²) < 4.78 is 21.8. The van der Waals surface area contributed by atoms with Gasteiger partial charge in [0, 0.05) is 12.3 Å². The first kappa shape index (κ1) is 10.4. The number of hydrogen-bond acceptors (Lipinski definition) is 4. The van der Waals surface area contributed by atoms with Gasteiger partial charge < -0.3 is 18.9 Å². The molecule has 0 aliphatic carbocycles. The van der Waals surface area contributed by atoms with Crippen molar-refractivity contribution < 1.29 is 18.9 Å². The van der Waals surface area contributed by atoms with E-state index in [1.54, 1.807) is 0 Å². The molecule has 0 saturated carbocycles. The topological polar surface area (TPSA) is 36.9 Å². The van der Waals surface area contributed by atoms with E-state index in [2.05, 4.69) is 6.92 Å².